The van der Waals surface area contributed by atoms with Gasteiger partial charge in [0.1, 0.15) is 5.75 Å². The fraction of sp³-hybridized carbons (Fsp3) is 0.240. The first-order valence-electron chi connectivity index (χ1n) is 10.3. The van der Waals surface area contributed by atoms with Crippen molar-refractivity contribution in [1.82, 2.24) is 4.57 Å². The highest BCUT2D eigenvalue weighted by Gasteiger charge is 2.19. The van der Waals surface area contributed by atoms with Crippen molar-refractivity contribution >= 4 is 27.8 Å². The van der Waals surface area contributed by atoms with Gasteiger partial charge in [-0.25, -0.2) is 4.99 Å². The van der Waals surface area contributed by atoms with Gasteiger partial charge in [-0.15, -0.1) is 11.3 Å². The lowest BCUT2D eigenvalue weighted by Crippen LogP contribution is -2.24. The minimum atomic E-state index is 0.248. The summed E-state index contributed by atoms with van der Waals surface area (Å²) in [6.07, 6.45) is 2.48. The molecule has 0 bridgehead atoms. The highest BCUT2D eigenvalue weighted by atomic mass is 32.1. The van der Waals surface area contributed by atoms with Crippen molar-refractivity contribution in [3.8, 4) is 17.0 Å². The third-order valence-corrected chi connectivity index (χ3v) is 6.40. The molecule has 0 saturated carbocycles. The zero-order valence-electron chi connectivity index (χ0n) is 17.0. The lowest BCUT2D eigenvalue weighted by molar-refractivity contribution is 0.0968. The van der Waals surface area contributed by atoms with E-state index in [0.717, 1.165) is 42.2 Å². The summed E-state index contributed by atoms with van der Waals surface area (Å²) in [6, 6.07) is 22.9. The summed E-state index contributed by atoms with van der Waals surface area (Å²) in [7, 11) is 1.70. The predicted molar refractivity (Wildman–Crippen MR) is 122 cm³/mol. The Bertz CT molecular complexity index is 1220. The summed E-state index contributed by atoms with van der Waals surface area (Å²) in [5.74, 6) is 0.878. The number of benzene rings is 3. The summed E-state index contributed by atoms with van der Waals surface area (Å²) < 4.78 is 13.6. The highest BCUT2D eigenvalue weighted by Crippen LogP contribution is 2.28. The standard InChI is InChI=1S/C25H24N2O2S/c1-28-22-12-11-18-14-20(10-9-19(18)15-22)24-17-30-25(26-21-6-3-2-4-7-21)27(24)16-23-8-5-13-29-23/h2-4,6-7,9-12,14-15,17,23H,5,8,13,16H2,1H3. The summed E-state index contributed by atoms with van der Waals surface area (Å²) in [5.41, 5.74) is 3.34. The van der Waals surface area contributed by atoms with Crippen molar-refractivity contribution in [2.24, 2.45) is 4.99 Å². The van der Waals surface area contributed by atoms with E-state index < -0.39 is 0 Å². The number of hydrogen-bond donors (Lipinski definition) is 0. The molecule has 0 amide bonds. The topological polar surface area (TPSA) is 35.8 Å². The SMILES string of the molecule is COc1ccc2cc(-c3csc(=Nc4ccccc4)n3CC3CCCO3)ccc2c1. The molecule has 0 spiro atoms. The van der Waals surface area contributed by atoms with Crippen molar-refractivity contribution in [1.29, 1.82) is 0 Å². The van der Waals surface area contributed by atoms with Crippen LogP contribution < -0.4 is 9.54 Å². The molecule has 30 heavy (non-hydrogen) atoms. The number of ether oxygens (including phenoxy) is 2. The summed E-state index contributed by atoms with van der Waals surface area (Å²) in [4.78, 5) is 5.93. The van der Waals surface area contributed by atoms with Crippen molar-refractivity contribution < 1.29 is 9.47 Å². The molecule has 1 aliphatic heterocycles. The monoisotopic (exact) mass is 416 g/mol. The molecule has 5 rings (SSSR count). The van der Waals surface area contributed by atoms with Gasteiger partial charge in [0.2, 0.25) is 0 Å². The van der Waals surface area contributed by atoms with Crippen LogP contribution in [0.1, 0.15) is 12.8 Å². The van der Waals surface area contributed by atoms with Gasteiger partial charge in [0.25, 0.3) is 0 Å². The molecule has 1 saturated heterocycles. The molecule has 3 aromatic carbocycles. The number of methoxy groups -OCH3 is 1. The fourth-order valence-corrected chi connectivity index (χ4v) is 4.88. The van der Waals surface area contributed by atoms with Gasteiger partial charge in [-0.2, -0.15) is 0 Å². The third-order valence-electron chi connectivity index (χ3n) is 5.53. The second kappa shape index (κ2) is 8.46. The fourth-order valence-electron chi connectivity index (χ4n) is 3.94. The molecule has 0 radical (unpaired) electrons. The molecular formula is C25H24N2O2S. The molecule has 0 aliphatic carbocycles. The molecule has 4 aromatic rings. The Balaban J connectivity index is 1.60. The Kier molecular flexibility index (Phi) is 5.39. The molecule has 1 aromatic heterocycles. The van der Waals surface area contributed by atoms with E-state index in [2.05, 4.69) is 40.3 Å². The Morgan fingerprint density at radius 2 is 1.90 bits per heavy atom. The van der Waals surface area contributed by atoms with Crippen LogP contribution in [0.4, 0.5) is 5.69 Å². The lowest BCUT2D eigenvalue weighted by Gasteiger charge is -2.14. The summed E-state index contributed by atoms with van der Waals surface area (Å²) in [6.45, 7) is 1.68. The van der Waals surface area contributed by atoms with Crippen LogP contribution in [0, 0.1) is 0 Å². The molecule has 5 heteroatoms. The van der Waals surface area contributed by atoms with Crippen LogP contribution in [-0.4, -0.2) is 24.4 Å². The molecule has 0 N–H and O–H groups in total. The van der Waals surface area contributed by atoms with Crippen LogP contribution in [-0.2, 0) is 11.3 Å². The molecule has 1 fully saturated rings. The van der Waals surface area contributed by atoms with E-state index in [-0.39, 0.29) is 6.10 Å². The Hall–Kier alpha value is -2.89. The second-order valence-corrected chi connectivity index (χ2v) is 8.36. The van der Waals surface area contributed by atoms with Crippen molar-refractivity contribution in [3.05, 3.63) is 76.9 Å². The number of hydrogen-bond acceptors (Lipinski definition) is 4. The van der Waals surface area contributed by atoms with E-state index in [4.69, 9.17) is 14.5 Å². The number of para-hydroxylation sites is 1. The van der Waals surface area contributed by atoms with Crippen LogP contribution in [0.15, 0.2) is 77.1 Å². The Labute approximate surface area is 180 Å². The van der Waals surface area contributed by atoms with E-state index in [1.807, 2.05) is 36.4 Å². The molecule has 1 aliphatic rings. The first kappa shape index (κ1) is 19.1. The quantitative estimate of drug-likeness (QED) is 0.413. The van der Waals surface area contributed by atoms with Crippen LogP contribution >= 0.6 is 11.3 Å². The average molecular weight is 417 g/mol. The van der Waals surface area contributed by atoms with E-state index in [1.54, 1.807) is 18.4 Å². The highest BCUT2D eigenvalue weighted by molar-refractivity contribution is 7.07. The lowest BCUT2D eigenvalue weighted by atomic mass is 10.0. The summed E-state index contributed by atoms with van der Waals surface area (Å²) >= 11 is 1.68. The predicted octanol–water partition coefficient (Wildman–Crippen LogP) is 5.79. The average Bonchev–Trinajstić information content (AvgIpc) is 3.44. The zero-order valence-corrected chi connectivity index (χ0v) is 17.8. The van der Waals surface area contributed by atoms with E-state index in [9.17, 15) is 0 Å². The normalized spacial score (nSPS) is 17.0. The van der Waals surface area contributed by atoms with Gasteiger partial charge in [0, 0.05) is 12.0 Å². The van der Waals surface area contributed by atoms with Gasteiger partial charge in [0.05, 0.1) is 31.1 Å². The largest absolute Gasteiger partial charge is 0.497 e. The molecule has 4 nitrogen and oxygen atoms in total. The first-order valence-corrected chi connectivity index (χ1v) is 11.2. The number of rotatable bonds is 5. The smallest absolute Gasteiger partial charge is 0.190 e. The van der Waals surface area contributed by atoms with Gasteiger partial charge >= 0.3 is 0 Å². The Morgan fingerprint density at radius 3 is 2.70 bits per heavy atom. The van der Waals surface area contributed by atoms with Gasteiger partial charge in [-0.05, 0) is 59.5 Å². The van der Waals surface area contributed by atoms with Gasteiger partial charge in [-0.1, -0.05) is 36.4 Å². The minimum absolute atomic E-state index is 0.248. The van der Waals surface area contributed by atoms with Crippen molar-refractivity contribution in [3.63, 3.8) is 0 Å². The number of nitrogens with zero attached hydrogens (tertiary/aromatic N) is 2. The molecular weight excluding hydrogens is 392 g/mol. The Morgan fingerprint density at radius 1 is 1.07 bits per heavy atom. The minimum Gasteiger partial charge on any atom is -0.497 e. The second-order valence-electron chi connectivity index (χ2n) is 7.52. The van der Waals surface area contributed by atoms with E-state index >= 15 is 0 Å². The van der Waals surface area contributed by atoms with Crippen LogP contribution in [0.5, 0.6) is 5.75 Å². The van der Waals surface area contributed by atoms with Crippen molar-refractivity contribution in [2.75, 3.05) is 13.7 Å². The maximum absolute atomic E-state index is 5.95. The third kappa shape index (κ3) is 3.91. The maximum Gasteiger partial charge on any atom is 0.190 e. The van der Waals surface area contributed by atoms with Crippen molar-refractivity contribution in [2.45, 2.75) is 25.5 Å². The molecule has 2 heterocycles. The summed E-state index contributed by atoms with van der Waals surface area (Å²) in [5, 5.41) is 4.58. The maximum atomic E-state index is 5.95. The van der Waals surface area contributed by atoms with Gasteiger partial charge in [-0.3, -0.25) is 0 Å². The number of fused-ring (bicyclic) bond motifs is 1. The number of aromatic nitrogens is 1. The number of thiazole rings is 1. The van der Waals surface area contributed by atoms with Gasteiger partial charge < -0.3 is 14.0 Å². The van der Waals surface area contributed by atoms with Crippen LogP contribution in [0.25, 0.3) is 22.0 Å². The van der Waals surface area contributed by atoms with E-state index in [0.29, 0.717) is 0 Å². The van der Waals surface area contributed by atoms with Gasteiger partial charge in [0.15, 0.2) is 4.80 Å². The first-order chi connectivity index (χ1) is 14.8. The molecule has 1 unspecified atom stereocenters. The van der Waals surface area contributed by atoms with E-state index in [1.165, 1.54) is 22.0 Å². The van der Waals surface area contributed by atoms with Crippen LogP contribution in [0.2, 0.25) is 0 Å². The molecule has 152 valence electrons. The zero-order chi connectivity index (χ0) is 20.3. The van der Waals surface area contributed by atoms with Crippen LogP contribution in [0.3, 0.4) is 0 Å². The molecule has 1 atom stereocenters.